The second-order valence-corrected chi connectivity index (χ2v) is 5.50. The molecule has 6 nitrogen and oxygen atoms in total. The lowest BCUT2D eigenvalue weighted by atomic mass is 10.1. The van der Waals surface area contributed by atoms with E-state index in [2.05, 4.69) is 10.2 Å². The van der Waals surface area contributed by atoms with Gasteiger partial charge < -0.3 is 13.6 Å². The lowest BCUT2D eigenvalue weighted by Crippen LogP contribution is -2.08. The fourth-order valence-electron chi connectivity index (χ4n) is 2.52. The van der Waals surface area contributed by atoms with Crippen LogP contribution in [0.2, 0.25) is 0 Å². The van der Waals surface area contributed by atoms with E-state index in [-0.39, 0.29) is 30.8 Å². The monoisotopic (exact) mass is 334 g/mol. The van der Waals surface area contributed by atoms with Crippen LogP contribution in [0.5, 0.6) is 0 Å². The Bertz CT molecular complexity index is 1010. The highest BCUT2D eigenvalue weighted by Gasteiger charge is 2.13. The summed E-state index contributed by atoms with van der Waals surface area (Å²) in [4.78, 5) is 12.0. The topological polar surface area (TPSA) is 78.4 Å². The second-order valence-electron chi connectivity index (χ2n) is 5.50. The first-order chi connectivity index (χ1) is 12.3. The van der Waals surface area contributed by atoms with Gasteiger partial charge in [0.25, 0.3) is 11.8 Å². The van der Waals surface area contributed by atoms with Gasteiger partial charge in [-0.05, 0) is 28.5 Å². The van der Waals surface area contributed by atoms with E-state index >= 15 is 0 Å². The van der Waals surface area contributed by atoms with Gasteiger partial charge in [-0.2, -0.15) is 0 Å². The average Bonchev–Trinajstić information content (AvgIpc) is 3.31. The Morgan fingerprint density at radius 3 is 2.72 bits per heavy atom. The van der Waals surface area contributed by atoms with Gasteiger partial charge in [0, 0.05) is 0 Å². The number of benzene rings is 2. The van der Waals surface area contributed by atoms with Crippen LogP contribution in [0.4, 0.5) is 0 Å². The molecule has 2 aromatic heterocycles. The van der Waals surface area contributed by atoms with Crippen molar-refractivity contribution in [1.82, 2.24) is 10.2 Å². The minimum Gasteiger partial charge on any atom is -0.459 e. The number of nitrogens with zero attached hydrogens (tertiary/aromatic N) is 2. The van der Waals surface area contributed by atoms with E-state index in [1.54, 1.807) is 12.1 Å². The van der Waals surface area contributed by atoms with Crippen LogP contribution in [-0.4, -0.2) is 16.2 Å². The van der Waals surface area contributed by atoms with Crippen molar-refractivity contribution >= 4 is 16.7 Å². The minimum atomic E-state index is -0.354. The summed E-state index contributed by atoms with van der Waals surface area (Å²) in [6.07, 6.45) is 1.70. The molecule has 0 fully saturated rings. The van der Waals surface area contributed by atoms with Gasteiger partial charge in [-0.25, -0.2) is 0 Å². The van der Waals surface area contributed by atoms with E-state index in [1.165, 1.54) is 6.26 Å². The first kappa shape index (κ1) is 15.1. The highest BCUT2D eigenvalue weighted by atomic mass is 16.5. The summed E-state index contributed by atoms with van der Waals surface area (Å²) in [7, 11) is 0. The van der Waals surface area contributed by atoms with E-state index < -0.39 is 0 Å². The molecule has 124 valence electrons. The highest BCUT2D eigenvalue weighted by molar-refractivity contribution is 5.84. The van der Waals surface area contributed by atoms with E-state index in [4.69, 9.17) is 13.6 Å². The summed E-state index contributed by atoms with van der Waals surface area (Å²) in [6, 6.07) is 17.3. The molecule has 0 bridgehead atoms. The van der Waals surface area contributed by atoms with Crippen LogP contribution in [0.3, 0.4) is 0 Å². The molecule has 6 heteroatoms. The summed E-state index contributed by atoms with van der Waals surface area (Å²) < 4.78 is 15.8. The predicted octanol–water partition coefficient (Wildman–Crippen LogP) is 3.77. The maximum Gasteiger partial charge on any atom is 0.310 e. The Labute approximate surface area is 143 Å². The van der Waals surface area contributed by atoms with Crippen molar-refractivity contribution in [3.05, 3.63) is 72.3 Å². The van der Waals surface area contributed by atoms with E-state index in [1.807, 2.05) is 42.5 Å². The Morgan fingerprint density at radius 1 is 1.00 bits per heavy atom. The summed E-state index contributed by atoms with van der Waals surface area (Å²) in [5.74, 6) is 0.595. The summed E-state index contributed by atoms with van der Waals surface area (Å²) >= 11 is 0. The number of furan rings is 1. The molecule has 2 aromatic carbocycles. The molecule has 4 aromatic rings. The van der Waals surface area contributed by atoms with E-state index in [9.17, 15) is 4.79 Å². The number of aromatic nitrogens is 2. The maximum atomic E-state index is 12.0. The number of carbonyl (C=O) groups is 1. The lowest BCUT2D eigenvalue weighted by molar-refractivity contribution is -0.144. The molecule has 2 heterocycles. The molecule has 0 radical (unpaired) electrons. The van der Waals surface area contributed by atoms with Crippen molar-refractivity contribution < 1.29 is 18.4 Å². The number of ether oxygens (including phenoxy) is 1. The zero-order chi connectivity index (χ0) is 17.1. The number of hydrogen-bond donors (Lipinski definition) is 0. The Morgan fingerprint density at radius 2 is 1.88 bits per heavy atom. The zero-order valence-corrected chi connectivity index (χ0v) is 13.2. The van der Waals surface area contributed by atoms with Gasteiger partial charge in [0.1, 0.15) is 0 Å². The van der Waals surface area contributed by atoms with Crippen molar-refractivity contribution in [2.24, 2.45) is 0 Å². The summed E-state index contributed by atoms with van der Waals surface area (Å²) in [5, 5.41) is 9.92. The Balaban J connectivity index is 1.37. The molecule has 0 spiro atoms. The molecule has 0 aliphatic rings. The molecule has 0 N–H and O–H groups in total. The van der Waals surface area contributed by atoms with Crippen molar-refractivity contribution in [3.63, 3.8) is 0 Å². The van der Waals surface area contributed by atoms with Crippen molar-refractivity contribution in [2.75, 3.05) is 0 Å². The molecule has 25 heavy (non-hydrogen) atoms. The lowest BCUT2D eigenvalue weighted by Gasteiger charge is -2.04. The van der Waals surface area contributed by atoms with Gasteiger partial charge in [-0.1, -0.05) is 42.5 Å². The third-order valence-corrected chi connectivity index (χ3v) is 3.72. The number of fused-ring (bicyclic) bond motifs is 1. The van der Waals surface area contributed by atoms with Crippen LogP contribution in [0.1, 0.15) is 11.5 Å². The fraction of sp³-hybridized carbons (Fsp3) is 0.105. The molecule has 0 aliphatic carbocycles. The fourth-order valence-corrected chi connectivity index (χ4v) is 2.52. The van der Waals surface area contributed by atoms with Crippen LogP contribution < -0.4 is 0 Å². The smallest absolute Gasteiger partial charge is 0.310 e. The number of hydrogen-bond acceptors (Lipinski definition) is 6. The van der Waals surface area contributed by atoms with Crippen molar-refractivity contribution in [1.29, 1.82) is 0 Å². The molecular weight excluding hydrogens is 320 g/mol. The van der Waals surface area contributed by atoms with Gasteiger partial charge >= 0.3 is 5.97 Å². The standard InChI is InChI=1S/C19H14N2O4/c22-18(11-13-7-8-14-4-1-2-5-15(14)10-13)24-12-17-20-21-19(25-17)16-6-3-9-23-16/h1-10H,11-12H2. The molecule has 0 unspecified atom stereocenters. The normalized spacial score (nSPS) is 10.9. The van der Waals surface area contributed by atoms with Gasteiger partial charge in [0.05, 0.1) is 12.7 Å². The third kappa shape index (κ3) is 3.42. The molecule has 0 amide bonds. The van der Waals surface area contributed by atoms with Crippen LogP contribution in [0.25, 0.3) is 22.4 Å². The van der Waals surface area contributed by atoms with Crippen LogP contribution in [-0.2, 0) is 22.6 Å². The maximum absolute atomic E-state index is 12.0. The Hall–Kier alpha value is -3.41. The van der Waals surface area contributed by atoms with E-state index in [0.717, 1.165) is 16.3 Å². The number of carbonyl (C=O) groups excluding carboxylic acids is 1. The van der Waals surface area contributed by atoms with Gasteiger partial charge in [-0.3, -0.25) is 4.79 Å². The third-order valence-electron chi connectivity index (χ3n) is 3.72. The van der Waals surface area contributed by atoms with Gasteiger partial charge in [0.2, 0.25) is 0 Å². The van der Waals surface area contributed by atoms with Crippen molar-refractivity contribution in [2.45, 2.75) is 13.0 Å². The average molecular weight is 334 g/mol. The minimum absolute atomic E-state index is 0.0693. The quantitative estimate of drug-likeness (QED) is 0.517. The van der Waals surface area contributed by atoms with E-state index in [0.29, 0.717) is 5.76 Å². The molecule has 0 aliphatic heterocycles. The van der Waals surface area contributed by atoms with Crippen LogP contribution in [0, 0.1) is 0 Å². The molecule has 0 saturated heterocycles. The van der Waals surface area contributed by atoms with Crippen molar-refractivity contribution in [3.8, 4) is 11.7 Å². The zero-order valence-electron chi connectivity index (χ0n) is 13.2. The SMILES string of the molecule is O=C(Cc1ccc2ccccc2c1)OCc1nnc(-c2ccco2)o1. The molecule has 0 saturated carbocycles. The first-order valence-electron chi connectivity index (χ1n) is 7.77. The van der Waals surface area contributed by atoms with Crippen LogP contribution >= 0.6 is 0 Å². The second kappa shape index (κ2) is 6.60. The summed E-state index contributed by atoms with van der Waals surface area (Å²) in [6.45, 7) is -0.0693. The highest BCUT2D eigenvalue weighted by Crippen LogP contribution is 2.19. The van der Waals surface area contributed by atoms with Gasteiger partial charge in [0.15, 0.2) is 12.4 Å². The predicted molar refractivity (Wildman–Crippen MR) is 89.4 cm³/mol. The summed E-state index contributed by atoms with van der Waals surface area (Å²) in [5.41, 5.74) is 0.894. The number of rotatable bonds is 5. The Kier molecular flexibility index (Phi) is 4.00. The van der Waals surface area contributed by atoms with Crippen LogP contribution in [0.15, 0.2) is 69.7 Å². The number of esters is 1. The molecule has 4 rings (SSSR count). The molecule has 0 atom stereocenters. The van der Waals surface area contributed by atoms with Gasteiger partial charge in [-0.15, -0.1) is 10.2 Å². The largest absolute Gasteiger partial charge is 0.459 e. The first-order valence-corrected chi connectivity index (χ1v) is 7.77. The molecular formula is C19H14N2O4.